The van der Waals surface area contributed by atoms with Crippen molar-refractivity contribution in [3.05, 3.63) is 6.33 Å². The minimum absolute atomic E-state index is 0.473. The van der Waals surface area contributed by atoms with Crippen molar-refractivity contribution in [2.24, 2.45) is 0 Å². The molecule has 0 saturated carbocycles. The maximum Gasteiger partial charge on any atom is 0.242 e. The van der Waals surface area contributed by atoms with Crippen LogP contribution in [0.25, 0.3) is 0 Å². The minimum atomic E-state index is 0.473. The van der Waals surface area contributed by atoms with Crippen LogP contribution in [0.4, 0.5) is 11.5 Å². The SMILES string of the molecule is COc1ncnc2c1NCC1CNCCN21. The van der Waals surface area contributed by atoms with Crippen LogP contribution in [0.2, 0.25) is 0 Å². The number of hydrogen-bond acceptors (Lipinski definition) is 6. The second-order valence-corrected chi connectivity index (χ2v) is 4.01. The van der Waals surface area contributed by atoms with Crippen LogP contribution in [-0.4, -0.2) is 49.3 Å². The number of fused-ring (bicyclic) bond motifs is 3. The van der Waals surface area contributed by atoms with E-state index in [1.54, 1.807) is 13.4 Å². The van der Waals surface area contributed by atoms with Crippen LogP contribution < -0.4 is 20.3 Å². The molecule has 86 valence electrons. The second-order valence-electron chi connectivity index (χ2n) is 4.01. The van der Waals surface area contributed by atoms with Gasteiger partial charge in [-0.3, -0.25) is 0 Å². The summed E-state index contributed by atoms with van der Waals surface area (Å²) in [5, 5.41) is 6.74. The van der Waals surface area contributed by atoms with E-state index in [2.05, 4.69) is 25.5 Å². The van der Waals surface area contributed by atoms with Crippen LogP contribution in [0.3, 0.4) is 0 Å². The molecule has 2 aliphatic heterocycles. The molecule has 0 bridgehead atoms. The van der Waals surface area contributed by atoms with Gasteiger partial charge in [-0.2, -0.15) is 4.98 Å². The molecule has 1 saturated heterocycles. The summed E-state index contributed by atoms with van der Waals surface area (Å²) < 4.78 is 5.24. The topological polar surface area (TPSA) is 62.3 Å². The van der Waals surface area contributed by atoms with E-state index in [1.807, 2.05) is 0 Å². The van der Waals surface area contributed by atoms with Crippen molar-refractivity contribution in [1.29, 1.82) is 0 Å². The molecule has 1 aromatic heterocycles. The monoisotopic (exact) mass is 221 g/mol. The van der Waals surface area contributed by atoms with Crippen molar-refractivity contribution in [2.45, 2.75) is 6.04 Å². The third-order valence-electron chi connectivity index (χ3n) is 3.12. The van der Waals surface area contributed by atoms with Crippen LogP contribution in [-0.2, 0) is 0 Å². The quantitative estimate of drug-likeness (QED) is 0.678. The first-order valence-electron chi connectivity index (χ1n) is 5.50. The maximum atomic E-state index is 5.24. The van der Waals surface area contributed by atoms with E-state index in [0.29, 0.717) is 11.9 Å². The van der Waals surface area contributed by atoms with Crippen molar-refractivity contribution < 1.29 is 4.74 Å². The molecule has 3 rings (SSSR count). The fraction of sp³-hybridized carbons (Fsp3) is 0.600. The Morgan fingerprint density at radius 2 is 2.38 bits per heavy atom. The largest absolute Gasteiger partial charge is 0.479 e. The first-order chi connectivity index (χ1) is 7.90. The first-order valence-corrected chi connectivity index (χ1v) is 5.50. The Bertz CT molecular complexity index is 397. The van der Waals surface area contributed by atoms with E-state index in [1.165, 1.54) is 0 Å². The van der Waals surface area contributed by atoms with Gasteiger partial charge in [0.1, 0.15) is 12.0 Å². The molecule has 2 N–H and O–H groups in total. The molecule has 6 heteroatoms. The molecular formula is C10H15N5O. The van der Waals surface area contributed by atoms with Gasteiger partial charge in [-0.15, -0.1) is 0 Å². The normalized spacial score (nSPS) is 23.1. The van der Waals surface area contributed by atoms with Gasteiger partial charge in [0.25, 0.3) is 0 Å². The summed E-state index contributed by atoms with van der Waals surface area (Å²) in [6, 6.07) is 0.473. The Morgan fingerprint density at radius 1 is 1.44 bits per heavy atom. The number of hydrogen-bond donors (Lipinski definition) is 2. The van der Waals surface area contributed by atoms with Gasteiger partial charge in [-0.25, -0.2) is 4.98 Å². The van der Waals surface area contributed by atoms with E-state index in [0.717, 1.165) is 37.7 Å². The second kappa shape index (κ2) is 3.79. The molecule has 0 amide bonds. The van der Waals surface area contributed by atoms with Gasteiger partial charge in [0.2, 0.25) is 5.88 Å². The zero-order valence-corrected chi connectivity index (χ0v) is 9.23. The molecule has 0 radical (unpaired) electrons. The number of ether oxygens (including phenoxy) is 1. The predicted molar refractivity (Wildman–Crippen MR) is 61.1 cm³/mol. The molecule has 1 aromatic rings. The fourth-order valence-electron chi connectivity index (χ4n) is 2.33. The lowest BCUT2D eigenvalue weighted by Crippen LogP contribution is -2.56. The fourth-order valence-corrected chi connectivity index (χ4v) is 2.33. The Hall–Kier alpha value is -1.56. The maximum absolute atomic E-state index is 5.24. The van der Waals surface area contributed by atoms with E-state index in [-0.39, 0.29) is 0 Å². The lowest BCUT2D eigenvalue weighted by Gasteiger charge is -2.41. The van der Waals surface area contributed by atoms with Gasteiger partial charge in [0.05, 0.1) is 13.2 Å². The number of nitrogens with zero attached hydrogens (tertiary/aromatic N) is 3. The third kappa shape index (κ3) is 1.37. The molecule has 0 aliphatic carbocycles. The zero-order chi connectivity index (χ0) is 11.0. The molecule has 3 heterocycles. The number of piperazine rings is 1. The zero-order valence-electron chi connectivity index (χ0n) is 9.23. The average Bonchev–Trinajstić information content (AvgIpc) is 2.37. The average molecular weight is 221 g/mol. The van der Waals surface area contributed by atoms with Gasteiger partial charge in [0, 0.05) is 26.2 Å². The Kier molecular flexibility index (Phi) is 2.28. The molecular weight excluding hydrogens is 206 g/mol. The number of rotatable bonds is 1. The van der Waals surface area contributed by atoms with Gasteiger partial charge in [-0.05, 0) is 0 Å². The van der Waals surface area contributed by atoms with Crippen molar-refractivity contribution in [3.8, 4) is 5.88 Å². The van der Waals surface area contributed by atoms with Crippen molar-refractivity contribution in [3.63, 3.8) is 0 Å². The van der Waals surface area contributed by atoms with Crippen LogP contribution >= 0.6 is 0 Å². The highest BCUT2D eigenvalue weighted by atomic mass is 16.5. The standard InChI is InChI=1S/C10H15N5O/c1-16-10-8-9(13-6-14-10)15-3-2-11-4-7(15)5-12-8/h6-7,11-12H,2-5H2,1H3. The summed E-state index contributed by atoms with van der Waals surface area (Å²) in [5.74, 6) is 1.59. The first kappa shape index (κ1) is 9.65. The molecule has 0 aromatic carbocycles. The molecule has 1 unspecified atom stereocenters. The summed E-state index contributed by atoms with van der Waals surface area (Å²) in [6.45, 7) is 3.89. The van der Waals surface area contributed by atoms with E-state index < -0.39 is 0 Å². The summed E-state index contributed by atoms with van der Waals surface area (Å²) >= 11 is 0. The summed E-state index contributed by atoms with van der Waals surface area (Å²) in [5.41, 5.74) is 0.920. The number of aromatic nitrogens is 2. The highest BCUT2D eigenvalue weighted by Crippen LogP contribution is 2.35. The number of anilines is 2. The Labute approximate surface area is 94.0 Å². The summed E-state index contributed by atoms with van der Waals surface area (Å²) in [6.07, 6.45) is 1.56. The molecule has 1 atom stereocenters. The smallest absolute Gasteiger partial charge is 0.242 e. The Morgan fingerprint density at radius 3 is 3.25 bits per heavy atom. The summed E-state index contributed by atoms with van der Waals surface area (Å²) in [7, 11) is 1.63. The van der Waals surface area contributed by atoms with E-state index >= 15 is 0 Å². The van der Waals surface area contributed by atoms with Crippen molar-refractivity contribution >= 4 is 11.5 Å². The lowest BCUT2D eigenvalue weighted by atomic mass is 10.1. The van der Waals surface area contributed by atoms with Gasteiger partial charge in [-0.1, -0.05) is 0 Å². The Balaban J connectivity index is 2.01. The van der Waals surface area contributed by atoms with E-state index in [9.17, 15) is 0 Å². The van der Waals surface area contributed by atoms with Crippen LogP contribution in [0.15, 0.2) is 6.33 Å². The van der Waals surface area contributed by atoms with E-state index in [4.69, 9.17) is 4.74 Å². The highest BCUT2D eigenvalue weighted by molar-refractivity contribution is 5.73. The third-order valence-corrected chi connectivity index (χ3v) is 3.12. The van der Waals surface area contributed by atoms with Crippen LogP contribution in [0.5, 0.6) is 5.88 Å². The highest BCUT2D eigenvalue weighted by Gasteiger charge is 2.31. The molecule has 6 nitrogen and oxygen atoms in total. The molecule has 1 fully saturated rings. The molecule has 16 heavy (non-hydrogen) atoms. The van der Waals surface area contributed by atoms with Crippen molar-refractivity contribution in [1.82, 2.24) is 15.3 Å². The van der Waals surface area contributed by atoms with Gasteiger partial charge in [0.15, 0.2) is 5.82 Å². The number of methoxy groups -OCH3 is 1. The lowest BCUT2D eigenvalue weighted by molar-refractivity contribution is 0.395. The molecule has 0 spiro atoms. The van der Waals surface area contributed by atoms with Crippen LogP contribution in [0, 0.1) is 0 Å². The molecule has 2 aliphatic rings. The van der Waals surface area contributed by atoms with Crippen molar-refractivity contribution in [2.75, 3.05) is 43.5 Å². The van der Waals surface area contributed by atoms with Gasteiger partial charge >= 0.3 is 0 Å². The summed E-state index contributed by atoms with van der Waals surface area (Å²) in [4.78, 5) is 10.8. The minimum Gasteiger partial charge on any atom is -0.479 e. The van der Waals surface area contributed by atoms with Crippen LogP contribution in [0.1, 0.15) is 0 Å². The number of nitrogens with one attached hydrogen (secondary N) is 2. The van der Waals surface area contributed by atoms with Gasteiger partial charge < -0.3 is 20.3 Å². The predicted octanol–water partition coefficient (Wildman–Crippen LogP) is -0.311.